The SMILES string of the molecule is CC1CCC(n2cnc3c(-c4cnc(N)nc4)nc(N4CCOCC4)nc32)CC1. The van der Waals surface area contributed by atoms with Crippen LogP contribution in [-0.2, 0) is 4.74 Å². The minimum Gasteiger partial charge on any atom is -0.378 e. The first-order chi connectivity index (χ1) is 14.2. The van der Waals surface area contributed by atoms with E-state index in [2.05, 4.69) is 26.4 Å². The van der Waals surface area contributed by atoms with Crippen molar-refractivity contribution >= 4 is 23.1 Å². The van der Waals surface area contributed by atoms with Crippen molar-refractivity contribution in [1.29, 1.82) is 0 Å². The van der Waals surface area contributed by atoms with Gasteiger partial charge in [-0.05, 0) is 31.6 Å². The molecule has 1 aliphatic carbocycles. The summed E-state index contributed by atoms with van der Waals surface area (Å²) in [6.07, 6.45) is 10.1. The van der Waals surface area contributed by atoms with Gasteiger partial charge < -0.3 is 19.9 Å². The third-order valence-electron chi connectivity index (χ3n) is 6.03. The monoisotopic (exact) mass is 394 g/mol. The van der Waals surface area contributed by atoms with Crippen LogP contribution in [0.4, 0.5) is 11.9 Å². The van der Waals surface area contributed by atoms with Crippen molar-refractivity contribution in [3.05, 3.63) is 18.7 Å². The molecular weight excluding hydrogens is 368 g/mol. The summed E-state index contributed by atoms with van der Waals surface area (Å²) in [6.45, 7) is 5.25. The number of nitrogens with two attached hydrogens (primary N) is 1. The van der Waals surface area contributed by atoms with Gasteiger partial charge in [-0.1, -0.05) is 6.92 Å². The first-order valence-corrected chi connectivity index (χ1v) is 10.3. The van der Waals surface area contributed by atoms with Gasteiger partial charge in [0.1, 0.15) is 11.2 Å². The third kappa shape index (κ3) is 3.50. The fourth-order valence-electron chi connectivity index (χ4n) is 4.26. The molecule has 2 N–H and O–H groups in total. The lowest BCUT2D eigenvalue weighted by Gasteiger charge is -2.28. The van der Waals surface area contributed by atoms with Crippen molar-refractivity contribution in [2.75, 3.05) is 36.9 Å². The molecule has 4 heterocycles. The van der Waals surface area contributed by atoms with Gasteiger partial charge >= 0.3 is 0 Å². The summed E-state index contributed by atoms with van der Waals surface area (Å²) < 4.78 is 7.75. The molecule has 1 aliphatic heterocycles. The standard InChI is InChI=1S/C20H26N8O/c1-13-2-4-15(5-3-13)28-12-24-17-16(14-10-22-19(21)23-11-14)25-20(26-18(17)28)27-6-8-29-9-7-27/h10-13,15H,2-9H2,1H3,(H2,21,22,23). The lowest BCUT2D eigenvalue weighted by molar-refractivity contribution is 0.122. The number of ether oxygens (including phenoxy) is 1. The molecule has 0 spiro atoms. The van der Waals surface area contributed by atoms with Crippen molar-refractivity contribution in [2.45, 2.75) is 38.6 Å². The first-order valence-electron chi connectivity index (χ1n) is 10.3. The van der Waals surface area contributed by atoms with Crippen LogP contribution in [-0.4, -0.2) is 55.8 Å². The van der Waals surface area contributed by atoms with E-state index in [0.29, 0.717) is 25.2 Å². The Bertz CT molecular complexity index is 988. The molecule has 0 unspecified atom stereocenters. The highest BCUT2D eigenvalue weighted by atomic mass is 16.5. The van der Waals surface area contributed by atoms with Gasteiger partial charge in [-0.2, -0.15) is 4.98 Å². The minimum atomic E-state index is 0.245. The molecule has 0 atom stereocenters. The topological polar surface area (TPSA) is 108 Å². The molecule has 3 aromatic heterocycles. The third-order valence-corrected chi connectivity index (χ3v) is 6.03. The molecule has 152 valence electrons. The van der Waals surface area contributed by atoms with Gasteiger partial charge in [-0.25, -0.2) is 19.9 Å². The van der Waals surface area contributed by atoms with E-state index in [4.69, 9.17) is 25.4 Å². The van der Waals surface area contributed by atoms with Crippen molar-refractivity contribution in [3.8, 4) is 11.3 Å². The number of imidazole rings is 1. The predicted molar refractivity (Wildman–Crippen MR) is 110 cm³/mol. The maximum atomic E-state index is 5.68. The summed E-state index contributed by atoms with van der Waals surface area (Å²) in [5, 5.41) is 0. The van der Waals surface area contributed by atoms with Gasteiger partial charge in [0.2, 0.25) is 11.9 Å². The smallest absolute Gasteiger partial charge is 0.228 e. The Hall–Kier alpha value is -2.81. The van der Waals surface area contributed by atoms with Gasteiger partial charge in [0.05, 0.1) is 19.5 Å². The average Bonchev–Trinajstić information content (AvgIpc) is 3.19. The second-order valence-corrected chi connectivity index (χ2v) is 8.04. The van der Waals surface area contributed by atoms with Gasteiger partial charge in [0.15, 0.2) is 5.65 Å². The number of anilines is 2. The van der Waals surface area contributed by atoms with Crippen LogP contribution in [0.1, 0.15) is 38.6 Å². The van der Waals surface area contributed by atoms with E-state index in [1.807, 2.05) is 6.33 Å². The van der Waals surface area contributed by atoms with Crippen LogP contribution in [0.25, 0.3) is 22.4 Å². The Kier molecular flexibility index (Phi) is 4.75. The van der Waals surface area contributed by atoms with Crippen LogP contribution >= 0.6 is 0 Å². The second-order valence-electron chi connectivity index (χ2n) is 8.04. The van der Waals surface area contributed by atoms with Crippen LogP contribution in [0.5, 0.6) is 0 Å². The van der Waals surface area contributed by atoms with E-state index < -0.39 is 0 Å². The van der Waals surface area contributed by atoms with Gasteiger partial charge in [-0.15, -0.1) is 0 Å². The maximum absolute atomic E-state index is 5.68. The number of hydrogen-bond donors (Lipinski definition) is 1. The van der Waals surface area contributed by atoms with Crippen LogP contribution in [0, 0.1) is 5.92 Å². The van der Waals surface area contributed by atoms with Crippen molar-refractivity contribution < 1.29 is 4.74 Å². The van der Waals surface area contributed by atoms with Crippen LogP contribution in [0.3, 0.4) is 0 Å². The summed E-state index contributed by atoms with van der Waals surface area (Å²) in [4.78, 5) is 25.0. The summed E-state index contributed by atoms with van der Waals surface area (Å²) in [6, 6.07) is 0.430. The number of nitrogen functional groups attached to an aromatic ring is 1. The van der Waals surface area contributed by atoms with E-state index in [1.54, 1.807) is 12.4 Å². The summed E-state index contributed by atoms with van der Waals surface area (Å²) >= 11 is 0. The van der Waals surface area contributed by atoms with E-state index in [0.717, 1.165) is 54.3 Å². The summed E-state index contributed by atoms with van der Waals surface area (Å²) in [5.41, 5.74) is 8.89. The largest absolute Gasteiger partial charge is 0.378 e. The zero-order chi connectivity index (χ0) is 19.8. The lowest BCUT2D eigenvalue weighted by Crippen LogP contribution is -2.37. The van der Waals surface area contributed by atoms with E-state index in [1.165, 1.54) is 12.8 Å². The zero-order valence-corrected chi connectivity index (χ0v) is 16.7. The van der Waals surface area contributed by atoms with Crippen LogP contribution in [0.2, 0.25) is 0 Å². The molecule has 0 bridgehead atoms. The average molecular weight is 394 g/mol. The molecule has 0 aromatic carbocycles. The fraction of sp³-hybridized carbons (Fsp3) is 0.550. The molecule has 9 nitrogen and oxygen atoms in total. The molecule has 3 aromatic rings. The molecule has 0 radical (unpaired) electrons. The van der Waals surface area contributed by atoms with E-state index in [-0.39, 0.29) is 5.95 Å². The Labute approximate surface area is 169 Å². The number of hydrogen-bond acceptors (Lipinski definition) is 8. The highest BCUT2D eigenvalue weighted by molar-refractivity contribution is 5.88. The number of rotatable bonds is 3. The highest BCUT2D eigenvalue weighted by Gasteiger charge is 2.25. The molecule has 29 heavy (non-hydrogen) atoms. The van der Waals surface area contributed by atoms with Gasteiger partial charge in [0, 0.05) is 37.1 Å². The molecule has 9 heteroatoms. The maximum Gasteiger partial charge on any atom is 0.228 e. The highest BCUT2D eigenvalue weighted by Crippen LogP contribution is 2.35. The molecule has 1 saturated carbocycles. The summed E-state index contributed by atoms with van der Waals surface area (Å²) in [5.74, 6) is 1.75. The number of fused-ring (bicyclic) bond motifs is 1. The summed E-state index contributed by atoms with van der Waals surface area (Å²) in [7, 11) is 0. The van der Waals surface area contributed by atoms with Crippen molar-refractivity contribution in [2.24, 2.45) is 5.92 Å². The van der Waals surface area contributed by atoms with Crippen molar-refractivity contribution in [3.63, 3.8) is 0 Å². The predicted octanol–water partition coefficient (Wildman–Crippen LogP) is 2.45. The zero-order valence-electron chi connectivity index (χ0n) is 16.7. The quantitative estimate of drug-likeness (QED) is 0.722. The van der Waals surface area contributed by atoms with E-state index >= 15 is 0 Å². The Morgan fingerprint density at radius 2 is 1.72 bits per heavy atom. The fourth-order valence-corrected chi connectivity index (χ4v) is 4.26. The van der Waals surface area contributed by atoms with Crippen LogP contribution in [0.15, 0.2) is 18.7 Å². The number of morpholine rings is 1. The molecule has 1 saturated heterocycles. The Morgan fingerprint density at radius 1 is 1.00 bits per heavy atom. The van der Waals surface area contributed by atoms with Gasteiger partial charge in [0.25, 0.3) is 0 Å². The second kappa shape index (κ2) is 7.55. The van der Waals surface area contributed by atoms with Crippen LogP contribution < -0.4 is 10.6 Å². The Balaban J connectivity index is 1.63. The van der Waals surface area contributed by atoms with E-state index in [9.17, 15) is 0 Å². The minimum absolute atomic E-state index is 0.245. The lowest BCUT2D eigenvalue weighted by atomic mass is 9.87. The molecule has 5 rings (SSSR count). The molecule has 0 amide bonds. The van der Waals surface area contributed by atoms with Crippen molar-refractivity contribution in [1.82, 2.24) is 29.5 Å². The first kappa shape index (κ1) is 18.2. The normalized spacial score (nSPS) is 22.9. The molecule has 2 fully saturated rings. The van der Waals surface area contributed by atoms with Gasteiger partial charge in [-0.3, -0.25) is 0 Å². The number of nitrogens with zero attached hydrogens (tertiary/aromatic N) is 7. The molecular formula is C20H26N8O. The number of aromatic nitrogens is 6. The Morgan fingerprint density at radius 3 is 2.45 bits per heavy atom. The molecule has 2 aliphatic rings.